The fraction of sp³-hybridized carbons (Fsp3) is 0.632. The molecule has 2 unspecified atom stereocenters. The largest absolute Gasteiger partial charge is 0.378 e. The van der Waals surface area contributed by atoms with E-state index in [1.54, 1.807) is 7.11 Å². The van der Waals surface area contributed by atoms with E-state index in [1.807, 2.05) is 35.8 Å². The molecule has 2 atom stereocenters. The average Bonchev–Trinajstić information content (AvgIpc) is 3.06. The van der Waals surface area contributed by atoms with Crippen LogP contribution in [0.2, 0.25) is 0 Å². The Morgan fingerprint density at radius 3 is 2.85 bits per heavy atom. The third-order valence-corrected chi connectivity index (χ3v) is 6.07. The van der Waals surface area contributed by atoms with Crippen molar-refractivity contribution in [3.63, 3.8) is 0 Å². The van der Waals surface area contributed by atoms with Crippen LogP contribution in [0.25, 0.3) is 5.65 Å². The minimum absolute atomic E-state index is 0.0554. The highest BCUT2D eigenvalue weighted by Gasteiger charge is 2.58. The molecule has 26 heavy (non-hydrogen) atoms. The van der Waals surface area contributed by atoms with Crippen LogP contribution in [0.5, 0.6) is 0 Å². The minimum Gasteiger partial charge on any atom is -0.378 e. The summed E-state index contributed by atoms with van der Waals surface area (Å²) in [6.07, 6.45) is 4.80. The summed E-state index contributed by atoms with van der Waals surface area (Å²) in [6.45, 7) is 7.48. The molecule has 7 heteroatoms. The average molecular weight is 358 g/mol. The standard InChI is InChI=1S/C19H30N6O/c1-18(2)14(13-19(18,3)26-5)22-17(20-4)21-11-8-10-16-24-23-15-9-6-7-12-25(15)16/h6-7,9,12,14H,8,10-11,13H2,1-5H3,(H2,20,21,22). The summed E-state index contributed by atoms with van der Waals surface area (Å²) >= 11 is 0. The van der Waals surface area contributed by atoms with Gasteiger partial charge in [0.05, 0.1) is 5.60 Å². The molecule has 0 aliphatic heterocycles. The first-order chi connectivity index (χ1) is 12.4. The third kappa shape index (κ3) is 3.28. The summed E-state index contributed by atoms with van der Waals surface area (Å²) in [5.41, 5.74) is 0.860. The molecule has 0 spiro atoms. The van der Waals surface area contributed by atoms with Crippen LogP contribution in [-0.2, 0) is 11.2 Å². The van der Waals surface area contributed by atoms with Gasteiger partial charge < -0.3 is 15.4 Å². The Bertz CT molecular complexity index is 783. The molecule has 1 aliphatic rings. The van der Waals surface area contributed by atoms with Crippen LogP contribution in [0, 0.1) is 5.41 Å². The van der Waals surface area contributed by atoms with Gasteiger partial charge in [-0.1, -0.05) is 19.9 Å². The molecule has 0 aromatic carbocycles. The number of pyridine rings is 1. The minimum atomic E-state index is -0.0851. The van der Waals surface area contributed by atoms with E-state index in [0.29, 0.717) is 6.04 Å². The van der Waals surface area contributed by atoms with E-state index >= 15 is 0 Å². The summed E-state index contributed by atoms with van der Waals surface area (Å²) in [7, 11) is 3.60. The smallest absolute Gasteiger partial charge is 0.191 e. The highest BCUT2D eigenvalue weighted by Crippen LogP contribution is 2.51. The number of methoxy groups -OCH3 is 1. The van der Waals surface area contributed by atoms with E-state index in [1.165, 1.54) is 0 Å². The Labute approximate surface area is 155 Å². The van der Waals surface area contributed by atoms with E-state index in [0.717, 1.165) is 43.2 Å². The second-order valence-electron chi connectivity index (χ2n) is 7.71. The molecule has 2 aromatic rings. The molecule has 0 saturated heterocycles. The number of aromatic nitrogens is 3. The van der Waals surface area contributed by atoms with Gasteiger partial charge in [-0.15, -0.1) is 10.2 Å². The van der Waals surface area contributed by atoms with Crippen molar-refractivity contribution in [1.82, 2.24) is 25.2 Å². The Balaban J connectivity index is 1.47. The molecule has 0 radical (unpaired) electrons. The number of aliphatic imine (C=N–C) groups is 1. The zero-order valence-electron chi connectivity index (χ0n) is 16.4. The van der Waals surface area contributed by atoms with Crippen molar-refractivity contribution in [1.29, 1.82) is 0 Å². The second-order valence-corrected chi connectivity index (χ2v) is 7.71. The van der Waals surface area contributed by atoms with Crippen LogP contribution in [-0.4, -0.2) is 52.9 Å². The quantitative estimate of drug-likeness (QED) is 0.469. The zero-order chi connectivity index (χ0) is 18.8. The number of hydrogen-bond acceptors (Lipinski definition) is 4. The first kappa shape index (κ1) is 18.6. The van der Waals surface area contributed by atoms with E-state index in [-0.39, 0.29) is 11.0 Å². The molecule has 0 amide bonds. The van der Waals surface area contributed by atoms with Gasteiger partial charge >= 0.3 is 0 Å². The van der Waals surface area contributed by atoms with Gasteiger partial charge in [-0.2, -0.15) is 0 Å². The maximum atomic E-state index is 5.69. The number of guanidine groups is 1. The van der Waals surface area contributed by atoms with Crippen molar-refractivity contribution in [2.45, 2.75) is 51.7 Å². The van der Waals surface area contributed by atoms with Crippen molar-refractivity contribution in [2.75, 3.05) is 20.7 Å². The van der Waals surface area contributed by atoms with Gasteiger partial charge in [0.15, 0.2) is 11.6 Å². The number of nitrogens with one attached hydrogen (secondary N) is 2. The van der Waals surface area contributed by atoms with Gasteiger partial charge in [0.25, 0.3) is 0 Å². The topological polar surface area (TPSA) is 75.8 Å². The van der Waals surface area contributed by atoms with Crippen molar-refractivity contribution >= 4 is 11.6 Å². The van der Waals surface area contributed by atoms with Gasteiger partial charge in [0.2, 0.25) is 0 Å². The monoisotopic (exact) mass is 358 g/mol. The molecule has 1 fully saturated rings. The van der Waals surface area contributed by atoms with E-state index in [4.69, 9.17) is 4.74 Å². The zero-order valence-corrected chi connectivity index (χ0v) is 16.4. The van der Waals surface area contributed by atoms with Gasteiger partial charge in [0, 0.05) is 44.8 Å². The highest BCUT2D eigenvalue weighted by molar-refractivity contribution is 5.80. The maximum Gasteiger partial charge on any atom is 0.191 e. The van der Waals surface area contributed by atoms with Crippen molar-refractivity contribution < 1.29 is 4.74 Å². The van der Waals surface area contributed by atoms with Crippen LogP contribution in [0.1, 0.15) is 39.4 Å². The molecular formula is C19H30N6O. The fourth-order valence-electron chi connectivity index (χ4n) is 3.60. The summed E-state index contributed by atoms with van der Waals surface area (Å²) in [4.78, 5) is 4.35. The lowest BCUT2D eigenvalue weighted by atomic mass is 9.56. The van der Waals surface area contributed by atoms with Crippen LogP contribution >= 0.6 is 0 Å². The van der Waals surface area contributed by atoms with E-state index in [2.05, 4.69) is 46.6 Å². The first-order valence-corrected chi connectivity index (χ1v) is 9.22. The summed E-state index contributed by atoms with van der Waals surface area (Å²) in [5, 5.41) is 15.4. The van der Waals surface area contributed by atoms with E-state index < -0.39 is 0 Å². The summed E-state index contributed by atoms with van der Waals surface area (Å²) < 4.78 is 7.73. The molecule has 2 aromatic heterocycles. The molecule has 7 nitrogen and oxygen atoms in total. The maximum absolute atomic E-state index is 5.69. The number of aryl methyl sites for hydroxylation is 1. The molecule has 1 aliphatic carbocycles. The number of hydrogen-bond donors (Lipinski definition) is 2. The molecule has 2 N–H and O–H groups in total. The molecule has 2 heterocycles. The van der Waals surface area contributed by atoms with Gasteiger partial charge in [-0.05, 0) is 31.9 Å². The Kier molecular flexibility index (Phi) is 5.18. The molecule has 0 bridgehead atoms. The van der Waals surface area contributed by atoms with Crippen molar-refractivity contribution in [3.05, 3.63) is 30.2 Å². The fourth-order valence-corrected chi connectivity index (χ4v) is 3.60. The van der Waals surface area contributed by atoms with Gasteiger partial charge in [-0.3, -0.25) is 9.39 Å². The van der Waals surface area contributed by atoms with Crippen LogP contribution in [0.15, 0.2) is 29.4 Å². The molecule has 3 rings (SSSR count). The lowest BCUT2D eigenvalue weighted by molar-refractivity contribution is -0.176. The molecular weight excluding hydrogens is 328 g/mol. The predicted molar refractivity (Wildman–Crippen MR) is 103 cm³/mol. The van der Waals surface area contributed by atoms with Crippen molar-refractivity contribution in [2.24, 2.45) is 10.4 Å². The number of rotatable bonds is 6. The number of ether oxygens (including phenoxy) is 1. The third-order valence-electron chi connectivity index (χ3n) is 6.07. The lowest BCUT2D eigenvalue weighted by Crippen LogP contribution is -2.69. The Morgan fingerprint density at radius 1 is 1.35 bits per heavy atom. The van der Waals surface area contributed by atoms with Crippen LogP contribution < -0.4 is 10.6 Å². The van der Waals surface area contributed by atoms with E-state index in [9.17, 15) is 0 Å². The van der Waals surface area contributed by atoms with Crippen molar-refractivity contribution in [3.8, 4) is 0 Å². The first-order valence-electron chi connectivity index (χ1n) is 9.22. The number of nitrogens with zero attached hydrogens (tertiary/aromatic N) is 4. The molecule has 1 saturated carbocycles. The summed E-state index contributed by atoms with van der Waals surface area (Å²) in [6, 6.07) is 6.29. The van der Waals surface area contributed by atoms with Crippen LogP contribution in [0.4, 0.5) is 0 Å². The van der Waals surface area contributed by atoms with Gasteiger partial charge in [0.1, 0.15) is 5.82 Å². The number of fused-ring (bicyclic) bond motifs is 1. The lowest BCUT2D eigenvalue weighted by Gasteiger charge is -2.59. The van der Waals surface area contributed by atoms with Crippen LogP contribution in [0.3, 0.4) is 0 Å². The Morgan fingerprint density at radius 2 is 2.15 bits per heavy atom. The van der Waals surface area contributed by atoms with Gasteiger partial charge in [-0.25, -0.2) is 0 Å². The molecule has 142 valence electrons. The SMILES string of the molecule is CN=C(NCCCc1nnc2ccccn12)NC1CC(C)(OC)C1(C)C. The normalized spacial score (nSPS) is 25.1. The Hall–Kier alpha value is -2.15. The highest BCUT2D eigenvalue weighted by atomic mass is 16.5. The summed E-state index contributed by atoms with van der Waals surface area (Å²) in [5.74, 6) is 1.83. The second kappa shape index (κ2) is 7.23. The predicted octanol–water partition coefficient (Wildman–Crippen LogP) is 2.03.